The summed E-state index contributed by atoms with van der Waals surface area (Å²) in [6.07, 6.45) is 4.95. The molecule has 0 spiro atoms. The lowest BCUT2D eigenvalue weighted by atomic mass is 10.1. The van der Waals surface area contributed by atoms with Gasteiger partial charge in [0.25, 0.3) is 0 Å². The van der Waals surface area contributed by atoms with Crippen molar-refractivity contribution in [3.05, 3.63) is 66.4 Å². The average Bonchev–Trinajstić information content (AvgIpc) is 2.92. The van der Waals surface area contributed by atoms with E-state index in [1.807, 2.05) is 6.07 Å². The highest BCUT2D eigenvalue weighted by Crippen LogP contribution is 2.23. The van der Waals surface area contributed by atoms with Gasteiger partial charge in [0.2, 0.25) is 0 Å². The highest BCUT2D eigenvalue weighted by molar-refractivity contribution is 5.62. The number of hydrogen-bond donors (Lipinski definition) is 1. The highest BCUT2D eigenvalue weighted by Gasteiger charge is 2.13. The van der Waals surface area contributed by atoms with Crippen LogP contribution < -0.4 is 0 Å². The summed E-state index contributed by atoms with van der Waals surface area (Å²) < 4.78 is 15.2. The van der Waals surface area contributed by atoms with Crippen molar-refractivity contribution in [1.82, 2.24) is 14.8 Å². The predicted molar refractivity (Wildman–Crippen MR) is 72.7 cm³/mol. The maximum atomic E-state index is 13.8. The van der Waals surface area contributed by atoms with Crippen LogP contribution in [0, 0.1) is 5.82 Å². The summed E-state index contributed by atoms with van der Waals surface area (Å²) in [7, 11) is 0. The molecule has 20 heavy (non-hydrogen) atoms. The molecule has 0 radical (unpaired) electrons. The van der Waals surface area contributed by atoms with Gasteiger partial charge in [-0.2, -0.15) is 5.10 Å². The van der Waals surface area contributed by atoms with Gasteiger partial charge in [-0.25, -0.2) is 9.07 Å². The number of benzene rings is 1. The topological polar surface area (TPSA) is 50.9 Å². The molecule has 0 atom stereocenters. The number of pyridine rings is 1. The average molecular weight is 269 g/mol. The highest BCUT2D eigenvalue weighted by atomic mass is 19.1. The molecule has 0 amide bonds. The Hall–Kier alpha value is -2.53. The van der Waals surface area contributed by atoms with Crippen LogP contribution in [0.4, 0.5) is 4.39 Å². The second kappa shape index (κ2) is 5.22. The summed E-state index contributed by atoms with van der Waals surface area (Å²) in [5.41, 5.74) is 2.36. The SMILES string of the molecule is OCc1cn(-c2ccccc2F)nc1-c1cccnc1. The fraction of sp³-hybridized carbons (Fsp3) is 0.0667. The Morgan fingerprint density at radius 1 is 1.15 bits per heavy atom. The van der Waals surface area contributed by atoms with Gasteiger partial charge in [-0.1, -0.05) is 12.1 Å². The van der Waals surface area contributed by atoms with Crippen LogP contribution in [0.1, 0.15) is 5.56 Å². The van der Waals surface area contributed by atoms with Crippen molar-refractivity contribution in [2.75, 3.05) is 0 Å². The van der Waals surface area contributed by atoms with Gasteiger partial charge in [-0.15, -0.1) is 0 Å². The van der Waals surface area contributed by atoms with Crippen LogP contribution in [-0.4, -0.2) is 19.9 Å². The van der Waals surface area contributed by atoms with Crippen molar-refractivity contribution in [3.63, 3.8) is 0 Å². The summed E-state index contributed by atoms with van der Waals surface area (Å²) in [5.74, 6) is -0.364. The third-order valence-corrected chi connectivity index (χ3v) is 2.99. The molecule has 0 fully saturated rings. The first-order valence-corrected chi connectivity index (χ1v) is 6.14. The van der Waals surface area contributed by atoms with E-state index in [-0.39, 0.29) is 12.4 Å². The smallest absolute Gasteiger partial charge is 0.148 e. The third-order valence-electron chi connectivity index (χ3n) is 2.99. The van der Waals surface area contributed by atoms with Crippen LogP contribution >= 0.6 is 0 Å². The number of rotatable bonds is 3. The monoisotopic (exact) mass is 269 g/mol. The molecule has 4 nitrogen and oxygen atoms in total. The number of aliphatic hydroxyl groups excluding tert-OH is 1. The number of aromatic nitrogens is 3. The second-order valence-corrected chi connectivity index (χ2v) is 4.30. The molecule has 0 unspecified atom stereocenters. The lowest BCUT2D eigenvalue weighted by Crippen LogP contribution is -1.98. The van der Waals surface area contributed by atoms with Crippen LogP contribution in [0.25, 0.3) is 16.9 Å². The second-order valence-electron chi connectivity index (χ2n) is 4.30. The zero-order chi connectivity index (χ0) is 13.9. The third kappa shape index (κ3) is 2.19. The number of nitrogens with zero attached hydrogens (tertiary/aromatic N) is 3. The van der Waals surface area contributed by atoms with Gasteiger partial charge in [0.1, 0.15) is 11.5 Å². The Morgan fingerprint density at radius 2 is 2.00 bits per heavy atom. The molecule has 0 aliphatic carbocycles. The lowest BCUT2D eigenvalue weighted by Gasteiger charge is -2.02. The minimum absolute atomic E-state index is 0.168. The molecule has 0 saturated carbocycles. The van der Waals surface area contributed by atoms with E-state index in [1.165, 1.54) is 10.7 Å². The molecular weight excluding hydrogens is 257 g/mol. The number of halogens is 1. The lowest BCUT2D eigenvalue weighted by molar-refractivity contribution is 0.282. The number of hydrogen-bond acceptors (Lipinski definition) is 3. The van der Waals surface area contributed by atoms with E-state index in [1.54, 1.807) is 42.9 Å². The van der Waals surface area contributed by atoms with E-state index >= 15 is 0 Å². The molecule has 1 aromatic carbocycles. The van der Waals surface area contributed by atoms with Crippen molar-refractivity contribution in [3.8, 4) is 16.9 Å². The van der Waals surface area contributed by atoms with Gasteiger partial charge in [0.15, 0.2) is 0 Å². The molecule has 2 heterocycles. The van der Waals surface area contributed by atoms with E-state index in [2.05, 4.69) is 10.1 Å². The molecular formula is C15H12FN3O. The van der Waals surface area contributed by atoms with Crippen LogP contribution in [0.2, 0.25) is 0 Å². The zero-order valence-corrected chi connectivity index (χ0v) is 10.6. The van der Waals surface area contributed by atoms with Crippen LogP contribution in [-0.2, 0) is 6.61 Å². The van der Waals surface area contributed by atoms with Crippen LogP contribution in [0.15, 0.2) is 55.0 Å². The Balaban J connectivity index is 2.13. The predicted octanol–water partition coefficient (Wildman–Crippen LogP) is 2.57. The van der Waals surface area contributed by atoms with Crippen LogP contribution in [0.5, 0.6) is 0 Å². The van der Waals surface area contributed by atoms with E-state index < -0.39 is 0 Å². The Bertz CT molecular complexity index is 725. The fourth-order valence-corrected chi connectivity index (χ4v) is 2.03. The van der Waals surface area contributed by atoms with Gasteiger partial charge >= 0.3 is 0 Å². The van der Waals surface area contributed by atoms with Crippen molar-refractivity contribution in [2.45, 2.75) is 6.61 Å². The first kappa shape index (κ1) is 12.5. The number of para-hydroxylation sites is 1. The standard InChI is InChI=1S/C15H12FN3O/c16-13-5-1-2-6-14(13)19-9-12(10-20)15(18-19)11-4-3-7-17-8-11/h1-9,20H,10H2. The normalized spacial score (nSPS) is 10.7. The molecule has 100 valence electrons. The van der Waals surface area contributed by atoms with Gasteiger partial charge in [-0.05, 0) is 24.3 Å². The van der Waals surface area contributed by atoms with E-state index in [0.29, 0.717) is 16.9 Å². The Morgan fingerprint density at radius 3 is 2.70 bits per heavy atom. The molecule has 3 rings (SSSR count). The van der Waals surface area contributed by atoms with Gasteiger partial charge in [0, 0.05) is 29.7 Å². The number of aliphatic hydroxyl groups is 1. The van der Waals surface area contributed by atoms with Crippen molar-refractivity contribution in [1.29, 1.82) is 0 Å². The van der Waals surface area contributed by atoms with Gasteiger partial charge in [0.05, 0.1) is 12.3 Å². The van der Waals surface area contributed by atoms with E-state index in [0.717, 1.165) is 5.56 Å². The molecule has 1 N–H and O–H groups in total. The largest absolute Gasteiger partial charge is 0.392 e. The Kier molecular flexibility index (Phi) is 3.26. The van der Waals surface area contributed by atoms with E-state index in [9.17, 15) is 9.50 Å². The van der Waals surface area contributed by atoms with Gasteiger partial charge in [-0.3, -0.25) is 4.98 Å². The summed E-state index contributed by atoms with van der Waals surface area (Å²) in [5, 5.41) is 13.8. The summed E-state index contributed by atoms with van der Waals surface area (Å²) in [6, 6.07) is 10.0. The molecule has 0 aliphatic rings. The molecule has 2 aromatic heterocycles. The maximum absolute atomic E-state index is 13.8. The fourth-order valence-electron chi connectivity index (χ4n) is 2.03. The summed E-state index contributed by atoms with van der Waals surface area (Å²) in [6.45, 7) is -0.168. The quantitative estimate of drug-likeness (QED) is 0.795. The van der Waals surface area contributed by atoms with E-state index in [4.69, 9.17) is 0 Å². The van der Waals surface area contributed by atoms with Crippen molar-refractivity contribution < 1.29 is 9.50 Å². The van der Waals surface area contributed by atoms with Crippen molar-refractivity contribution in [2.24, 2.45) is 0 Å². The first-order chi connectivity index (χ1) is 9.79. The minimum Gasteiger partial charge on any atom is -0.392 e. The summed E-state index contributed by atoms with van der Waals surface area (Å²) in [4.78, 5) is 4.03. The molecule has 0 aliphatic heterocycles. The van der Waals surface area contributed by atoms with Crippen molar-refractivity contribution >= 4 is 0 Å². The molecule has 5 heteroatoms. The molecule has 0 saturated heterocycles. The first-order valence-electron chi connectivity index (χ1n) is 6.14. The maximum Gasteiger partial charge on any atom is 0.148 e. The molecule has 0 bridgehead atoms. The van der Waals surface area contributed by atoms with Crippen LogP contribution in [0.3, 0.4) is 0 Å². The Labute approximate surface area is 115 Å². The summed E-state index contributed by atoms with van der Waals surface area (Å²) >= 11 is 0. The minimum atomic E-state index is -0.364. The zero-order valence-electron chi connectivity index (χ0n) is 10.6. The molecule has 3 aromatic rings. The van der Waals surface area contributed by atoms with Gasteiger partial charge < -0.3 is 5.11 Å².